The summed E-state index contributed by atoms with van der Waals surface area (Å²) in [7, 11) is 0. The lowest BCUT2D eigenvalue weighted by Crippen LogP contribution is -2.53. The summed E-state index contributed by atoms with van der Waals surface area (Å²) in [6, 6.07) is 4.07. The van der Waals surface area contributed by atoms with Crippen LogP contribution in [0.25, 0.3) is 0 Å². The first kappa shape index (κ1) is 13.2. The lowest BCUT2D eigenvalue weighted by molar-refractivity contribution is -0.152. The van der Waals surface area contributed by atoms with Crippen molar-refractivity contribution in [1.82, 2.24) is 5.32 Å². The fourth-order valence-electron chi connectivity index (χ4n) is 3.28. The third kappa shape index (κ3) is 2.72. The number of furan rings is 1. The van der Waals surface area contributed by atoms with Crippen LogP contribution in [0.5, 0.6) is 0 Å². The van der Waals surface area contributed by atoms with Gasteiger partial charge in [-0.05, 0) is 50.2 Å². The van der Waals surface area contributed by atoms with Gasteiger partial charge >= 0.3 is 0 Å². The van der Waals surface area contributed by atoms with Crippen molar-refractivity contribution in [2.75, 3.05) is 13.1 Å². The molecule has 1 unspecified atom stereocenters. The molecule has 1 atom stereocenters. The topological polar surface area (TPSA) is 34.4 Å². The highest BCUT2D eigenvalue weighted by molar-refractivity contribution is 5.10. The molecule has 1 aromatic heterocycles. The van der Waals surface area contributed by atoms with E-state index in [0.717, 1.165) is 37.5 Å². The number of rotatable bonds is 1. The predicted molar refractivity (Wildman–Crippen MR) is 75.1 cm³/mol. The molecule has 3 heteroatoms. The van der Waals surface area contributed by atoms with E-state index in [1.54, 1.807) is 0 Å². The van der Waals surface area contributed by atoms with Crippen molar-refractivity contribution in [2.24, 2.45) is 5.41 Å². The zero-order valence-corrected chi connectivity index (χ0v) is 12.3. The fourth-order valence-corrected chi connectivity index (χ4v) is 3.28. The molecule has 2 heterocycles. The Balaban J connectivity index is 1.71. The second-order valence-electron chi connectivity index (χ2n) is 7.03. The molecule has 19 heavy (non-hydrogen) atoms. The molecule has 1 saturated heterocycles. The molecule has 1 saturated carbocycles. The van der Waals surface area contributed by atoms with Crippen molar-refractivity contribution in [2.45, 2.75) is 58.2 Å². The van der Waals surface area contributed by atoms with Gasteiger partial charge in [0.25, 0.3) is 0 Å². The lowest BCUT2D eigenvalue weighted by atomic mass is 9.70. The molecule has 0 radical (unpaired) electrons. The van der Waals surface area contributed by atoms with Crippen molar-refractivity contribution in [3.63, 3.8) is 0 Å². The molecule has 2 aliphatic rings. The molecular formula is C16H25NO2. The average molecular weight is 263 g/mol. The van der Waals surface area contributed by atoms with Crippen molar-refractivity contribution >= 4 is 0 Å². The summed E-state index contributed by atoms with van der Waals surface area (Å²) in [5.41, 5.74) is 0.502. The van der Waals surface area contributed by atoms with E-state index in [1.807, 2.05) is 19.1 Å². The zero-order valence-electron chi connectivity index (χ0n) is 12.3. The van der Waals surface area contributed by atoms with Gasteiger partial charge in [-0.3, -0.25) is 0 Å². The second kappa shape index (κ2) is 4.64. The highest BCUT2D eigenvalue weighted by Crippen LogP contribution is 2.44. The van der Waals surface area contributed by atoms with Crippen molar-refractivity contribution in [3.8, 4) is 0 Å². The van der Waals surface area contributed by atoms with Crippen LogP contribution in [0.2, 0.25) is 0 Å². The smallest absolute Gasteiger partial charge is 0.134 e. The maximum absolute atomic E-state index is 6.45. The van der Waals surface area contributed by atoms with Crippen LogP contribution in [0.1, 0.15) is 57.2 Å². The van der Waals surface area contributed by atoms with Gasteiger partial charge < -0.3 is 14.5 Å². The minimum atomic E-state index is 0.0269. The monoisotopic (exact) mass is 263 g/mol. The number of aryl methyl sites for hydroxylation is 1. The zero-order chi connectivity index (χ0) is 13.5. The Morgan fingerprint density at radius 3 is 2.53 bits per heavy atom. The van der Waals surface area contributed by atoms with Gasteiger partial charge in [0.05, 0.1) is 5.60 Å². The van der Waals surface area contributed by atoms with Crippen LogP contribution in [-0.2, 0) is 4.74 Å². The summed E-state index contributed by atoms with van der Waals surface area (Å²) in [5.74, 6) is 1.93. The maximum atomic E-state index is 6.45. The molecule has 1 aliphatic heterocycles. The third-order valence-corrected chi connectivity index (χ3v) is 4.76. The van der Waals surface area contributed by atoms with E-state index in [1.165, 1.54) is 12.8 Å². The van der Waals surface area contributed by atoms with E-state index >= 15 is 0 Å². The molecule has 1 aliphatic carbocycles. The summed E-state index contributed by atoms with van der Waals surface area (Å²) in [4.78, 5) is 0. The number of hydrogen-bond acceptors (Lipinski definition) is 3. The van der Waals surface area contributed by atoms with Gasteiger partial charge in [-0.1, -0.05) is 13.8 Å². The van der Waals surface area contributed by atoms with Gasteiger partial charge in [0.15, 0.2) is 0 Å². The van der Waals surface area contributed by atoms with Crippen LogP contribution in [0.3, 0.4) is 0 Å². The van der Waals surface area contributed by atoms with E-state index in [-0.39, 0.29) is 11.7 Å². The molecule has 1 N–H and O–H groups in total. The van der Waals surface area contributed by atoms with E-state index < -0.39 is 0 Å². The first-order valence-corrected chi connectivity index (χ1v) is 7.43. The van der Waals surface area contributed by atoms with Gasteiger partial charge in [0, 0.05) is 13.1 Å². The summed E-state index contributed by atoms with van der Waals surface area (Å²) >= 11 is 0. The van der Waals surface area contributed by atoms with Crippen LogP contribution in [0.15, 0.2) is 16.5 Å². The molecule has 0 bridgehead atoms. The largest absolute Gasteiger partial charge is 0.464 e. The fraction of sp³-hybridized carbons (Fsp3) is 0.750. The van der Waals surface area contributed by atoms with Gasteiger partial charge in [0.1, 0.15) is 17.6 Å². The highest BCUT2D eigenvalue weighted by Gasteiger charge is 2.43. The molecule has 2 fully saturated rings. The number of morpholine rings is 1. The SMILES string of the molecule is Cc1ccc(C2CNCC3(CCC(C)(C)CC3)O2)o1. The molecule has 106 valence electrons. The van der Waals surface area contributed by atoms with Crippen molar-refractivity contribution in [3.05, 3.63) is 23.7 Å². The van der Waals surface area contributed by atoms with Crippen molar-refractivity contribution < 1.29 is 9.15 Å². The first-order valence-electron chi connectivity index (χ1n) is 7.43. The number of hydrogen-bond donors (Lipinski definition) is 1. The van der Waals surface area contributed by atoms with Gasteiger partial charge in [0.2, 0.25) is 0 Å². The highest BCUT2D eigenvalue weighted by atomic mass is 16.5. The molecule has 0 amide bonds. The third-order valence-electron chi connectivity index (χ3n) is 4.76. The molecule has 3 rings (SSSR count). The van der Waals surface area contributed by atoms with E-state index in [9.17, 15) is 0 Å². The molecule has 1 aromatic rings. The van der Waals surface area contributed by atoms with Crippen LogP contribution < -0.4 is 5.32 Å². The maximum Gasteiger partial charge on any atom is 0.134 e. The molecule has 1 spiro atoms. The van der Waals surface area contributed by atoms with Gasteiger partial charge in [-0.2, -0.15) is 0 Å². The Hall–Kier alpha value is -0.800. The van der Waals surface area contributed by atoms with Crippen LogP contribution in [-0.4, -0.2) is 18.7 Å². The Kier molecular flexibility index (Phi) is 3.22. The summed E-state index contributed by atoms with van der Waals surface area (Å²) in [6.45, 7) is 8.56. The van der Waals surface area contributed by atoms with Crippen molar-refractivity contribution in [1.29, 1.82) is 0 Å². The Morgan fingerprint density at radius 1 is 1.16 bits per heavy atom. The Bertz CT molecular complexity index is 439. The normalized spacial score (nSPS) is 29.5. The number of nitrogens with one attached hydrogen (secondary N) is 1. The van der Waals surface area contributed by atoms with Crippen LogP contribution >= 0.6 is 0 Å². The first-order chi connectivity index (χ1) is 8.98. The molecular weight excluding hydrogens is 238 g/mol. The van der Waals surface area contributed by atoms with E-state index in [4.69, 9.17) is 9.15 Å². The second-order valence-corrected chi connectivity index (χ2v) is 7.03. The molecule has 3 nitrogen and oxygen atoms in total. The summed E-state index contributed by atoms with van der Waals surface area (Å²) in [5, 5.41) is 3.55. The summed E-state index contributed by atoms with van der Waals surface area (Å²) < 4.78 is 12.2. The van der Waals surface area contributed by atoms with Crippen LogP contribution in [0.4, 0.5) is 0 Å². The number of ether oxygens (including phenoxy) is 1. The van der Waals surface area contributed by atoms with Gasteiger partial charge in [-0.25, -0.2) is 0 Å². The predicted octanol–water partition coefficient (Wildman–Crippen LogP) is 3.59. The van der Waals surface area contributed by atoms with Gasteiger partial charge in [-0.15, -0.1) is 0 Å². The minimum absolute atomic E-state index is 0.0269. The average Bonchev–Trinajstić information content (AvgIpc) is 2.81. The quantitative estimate of drug-likeness (QED) is 0.841. The standard InChI is InChI=1S/C16H25NO2/c1-12-4-5-13(18-12)14-10-17-11-16(19-14)8-6-15(2,3)7-9-16/h4-5,14,17H,6-11H2,1-3H3. The molecule has 0 aromatic carbocycles. The van der Waals surface area contributed by atoms with E-state index in [0.29, 0.717) is 5.41 Å². The Labute approximate surface area is 115 Å². The minimum Gasteiger partial charge on any atom is -0.464 e. The summed E-state index contributed by atoms with van der Waals surface area (Å²) in [6.07, 6.45) is 4.88. The van der Waals surface area contributed by atoms with E-state index in [2.05, 4.69) is 19.2 Å². The Morgan fingerprint density at radius 2 is 1.89 bits per heavy atom. The van der Waals surface area contributed by atoms with Crippen LogP contribution in [0, 0.1) is 12.3 Å². The lowest BCUT2D eigenvalue weighted by Gasteiger charge is -2.47.